The van der Waals surface area contributed by atoms with E-state index >= 15 is 0 Å². The molecule has 1 aliphatic rings. The predicted molar refractivity (Wildman–Crippen MR) is 35.8 cm³/mol. The van der Waals surface area contributed by atoms with E-state index in [1.165, 1.54) is 0 Å². The van der Waals surface area contributed by atoms with Gasteiger partial charge >= 0.3 is 58.4 Å². The summed E-state index contributed by atoms with van der Waals surface area (Å²) in [7, 11) is 0. The molecule has 5 heteroatoms. The van der Waals surface area contributed by atoms with Crippen LogP contribution in [0.1, 0.15) is 20.3 Å². The van der Waals surface area contributed by atoms with Crippen molar-refractivity contribution in [1.29, 1.82) is 0 Å². The van der Waals surface area contributed by atoms with Gasteiger partial charge in [-0.05, 0) is 5.92 Å². The first kappa shape index (κ1) is 12.5. The van der Waals surface area contributed by atoms with Crippen LogP contribution in [0.25, 0.3) is 0 Å². The molecule has 1 saturated carbocycles. The van der Waals surface area contributed by atoms with Crippen molar-refractivity contribution in [3.8, 4) is 0 Å². The van der Waals surface area contributed by atoms with Gasteiger partial charge in [-0.2, -0.15) is 0 Å². The van der Waals surface area contributed by atoms with E-state index in [4.69, 9.17) is 0 Å². The van der Waals surface area contributed by atoms with Crippen LogP contribution in [0.4, 0.5) is 12.9 Å². The minimum absolute atomic E-state index is 0. The zero-order valence-electron chi connectivity index (χ0n) is 7.15. The molecule has 1 aliphatic carbocycles. The molecule has 0 saturated heterocycles. The average Bonchev–Trinajstić information content (AvgIpc) is 2.35. The first-order valence-electron chi connectivity index (χ1n) is 3.63. The molecule has 0 aromatic heterocycles. The third-order valence-electron chi connectivity index (χ3n) is 2.23. The van der Waals surface area contributed by atoms with Gasteiger partial charge < -0.3 is 12.9 Å². The molecule has 60 valence electrons. The van der Waals surface area contributed by atoms with Gasteiger partial charge in [-0.25, -0.2) is 0 Å². The van der Waals surface area contributed by atoms with E-state index in [1.54, 1.807) is 0 Å². The Labute approximate surface area is 108 Å². The Morgan fingerprint density at radius 1 is 1.27 bits per heavy atom. The molecule has 11 heavy (non-hydrogen) atoms. The van der Waals surface area contributed by atoms with E-state index in [0.29, 0.717) is 6.42 Å². The maximum Gasteiger partial charge on any atom is 1.00 e. The van der Waals surface area contributed by atoms with Crippen molar-refractivity contribution >= 4 is 6.98 Å². The van der Waals surface area contributed by atoms with E-state index in [-0.39, 0.29) is 63.2 Å². The third kappa shape index (κ3) is 3.38. The Morgan fingerprint density at radius 3 is 1.82 bits per heavy atom. The molecule has 1 rings (SSSR count). The van der Waals surface area contributed by atoms with Gasteiger partial charge in [-0.3, -0.25) is 0 Å². The molecule has 0 radical (unpaired) electrons. The fraction of sp³-hybridized carbons (Fsp3) is 1.00. The minimum atomic E-state index is -4.53. The van der Waals surface area contributed by atoms with Crippen LogP contribution in [0.15, 0.2) is 0 Å². The smallest absolute Gasteiger partial charge is 0.449 e. The van der Waals surface area contributed by atoms with Gasteiger partial charge in [-0.1, -0.05) is 32.0 Å². The number of hydrogen-bond acceptors (Lipinski definition) is 0. The Morgan fingerprint density at radius 2 is 1.73 bits per heavy atom. The van der Waals surface area contributed by atoms with Gasteiger partial charge in [0, 0.05) is 0 Å². The molecule has 0 amide bonds. The molecule has 0 heterocycles. The maximum atomic E-state index is 11.9. The molecule has 0 bridgehead atoms. The second-order valence-corrected chi connectivity index (χ2v) is 3.43. The minimum Gasteiger partial charge on any atom is -0.449 e. The van der Waals surface area contributed by atoms with Crippen LogP contribution >= 0.6 is 0 Å². The second kappa shape index (κ2) is 4.13. The fourth-order valence-electron chi connectivity index (χ4n) is 1.44. The van der Waals surface area contributed by atoms with Gasteiger partial charge in [0.2, 0.25) is 0 Å². The van der Waals surface area contributed by atoms with Crippen LogP contribution in [0.2, 0.25) is 5.82 Å². The van der Waals surface area contributed by atoms with Gasteiger partial charge in [0.25, 0.3) is 0 Å². The summed E-state index contributed by atoms with van der Waals surface area (Å²) in [4.78, 5) is 0. The van der Waals surface area contributed by atoms with Crippen molar-refractivity contribution in [2.24, 2.45) is 11.8 Å². The van der Waals surface area contributed by atoms with Crippen LogP contribution in [0, 0.1) is 11.8 Å². The second-order valence-electron chi connectivity index (χ2n) is 3.43. The van der Waals surface area contributed by atoms with E-state index in [2.05, 4.69) is 0 Å². The average molecular weight is 190 g/mol. The molecule has 0 aliphatic heterocycles. The van der Waals surface area contributed by atoms with Crippen molar-refractivity contribution in [1.82, 2.24) is 0 Å². The normalized spacial score (nSPS) is 30.0. The topological polar surface area (TPSA) is 0 Å². The molecule has 2 unspecified atom stereocenters. The summed E-state index contributed by atoms with van der Waals surface area (Å²) < 4.78 is 35.7. The summed E-state index contributed by atoms with van der Waals surface area (Å²) in [5.41, 5.74) is 0. The Hall–Kier alpha value is 1.49. The summed E-state index contributed by atoms with van der Waals surface area (Å²) in [5.74, 6) is -0.798. The van der Waals surface area contributed by atoms with E-state index < -0.39 is 12.8 Å². The number of hydrogen-bond donors (Lipinski definition) is 0. The maximum absolute atomic E-state index is 11.9. The largest absolute Gasteiger partial charge is 1.00 e. The standard InChI is InChI=1S/C6H11BF3.K/c1-4(2)5-3-6(5)7(8,9)10;/h4-6H,3H2,1-2H3;/q-1;+1. The summed E-state index contributed by atoms with van der Waals surface area (Å²) in [6.45, 7) is -0.819. The monoisotopic (exact) mass is 190 g/mol. The van der Waals surface area contributed by atoms with Crippen LogP contribution in [0.5, 0.6) is 0 Å². The van der Waals surface area contributed by atoms with Gasteiger partial charge in [0.15, 0.2) is 0 Å². The zero-order chi connectivity index (χ0) is 7.94. The van der Waals surface area contributed by atoms with Crippen LogP contribution < -0.4 is 51.4 Å². The number of halogens is 3. The van der Waals surface area contributed by atoms with Crippen LogP contribution in [-0.2, 0) is 0 Å². The van der Waals surface area contributed by atoms with Crippen molar-refractivity contribution in [3.63, 3.8) is 0 Å². The van der Waals surface area contributed by atoms with E-state index in [9.17, 15) is 12.9 Å². The first-order valence-corrected chi connectivity index (χ1v) is 3.63. The van der Waals surface area contributed by atoms with Crippen molar-refractivity contribution in [2.75, 3.05) is 0 Å². The molecule has 0 spiro atoms. The van der Waals surface area contributed by atoms with E-state index in [0.717, 1.165) is 0 Å². The van der Waals surface area contributed by atoms with Gasteiger partial charge in [-0.15, -0.1) is 0 Å². The molecule has 1 fully saturated rings. The molecule has 0 aromatic carbocycles. The fourth-order valence-corrected chi connectivity index (χ4v) is 1.44. The molecular formula is C6H11BF3K. The SMILES string of the molecule is CC(C)C1CC1[B-](F)(F)F.[K+]. The summed E-state index contributed by atoms with van der Waals surface area (Å²) >= 11 is 0. The zero-order valence-corrected chi connectivity index (χ0v) is 10.3. The number of rotatable bonds is 2. The van der Waals surface area contributed by atoms with Gasteiger partial charge in [0.05, 0.1) is 0 Å². The van der Waals surface area contributed by atoms with Crippen LogP contribution in [0.3, 0.4) is 0 Å². The molecular weight excluding hydrogens is 179 g/mol. The van der Waals surface area contributed by atoms with Crippen molar-refractivity contribution < 1.29 is 64.3 Å². The molecule has 0 N–H and O–H groups in total. The molecule has 2 atom stereocenters. The summed E-state index contributed by atoms with van der Waals surface area (Å²) in [5, 5.41) is 0. The first-order chi connectivity index (χ1) is 4.43. The van der Waals surface area contributed by atoms with Crippen molar-refractivity contribution in [2.45, 2.75) is 26.1 Å². The summed E-state index contributed by atoms with van der Waals surface area (Å²) in [6, 6.07) is 0. The predicted octanol–water partition coefficient (Wildman–Crippen LogP) is -0.116. The van der Waals surface area contributed by atoms with Gasteiger partial charge in [0.1, 0.15) is 0 Å². The molecule has 0 nitrogen and oxygen atoms in total. The Balaban J connectivity index is 0.000001000. The Bertz CT molecular complexity index is 134. The molecule has 0 aromatic rings. The van der Waals surface area contributed by atoms with Crippen LogP contribution in [-0.4, -0.2) is 6.98 Å². The Kier molecular flexibility index (Phi) is 4.69. The van der Waals surface area contributed by atoms with E-state index in [1.807, 2.05) is 13.8 Å². The quantitative estimate of drug-likeness (QED) is 0.532. The van der Waals surface area contributed by atoms with Crippen molar-refractivity contribution in [3.05, 3.63) is 0 Å². The summed E-state index contributed by atoms with van der Waals surface area (Å²) in [6.07, 6.45) is 0.376. The third-order valence-corrected chi connectivity index (χ3v) is 2.23.